The van der Waals surface area contributed by atoms with Crippen molar-refractivity contribution in [3.8, 4) is 0 Å². The molecule has 462 valence electrons. The third kappa shape index (κ3) is 66.9. The van der Waals surface area contributed by atoms with Crippen molar-refractivity contribution in [1.29, 1.82) is 0 Å². The highest BCUT2D eigenvalue weighted by atomic mass is 16.6. The first-order valence-corrected chi connectivity index (χ1v) is 32.9. The lowest BCUT2D eigenvalue weighted by Crippen LogP contribution is -2.30. The molecular formula is C77H118O6. The molecule has 0 bridgehead atoms. The molecule has 6 heteroatoms. The molecule has 0 heterocycles. The van der Waals surface area contributed by atoms with Crippen LogP contribution in [0.1, 0.15) is 252 Å². The minimum Gasteiger partial charge on any atom is -0.462 e. The fourth-order valence-electron chi connectivity index (χ4n) is 8.21. The molecule has 0 aromatic rings. The Morgan fingerprint density at radius 2 is 0.482 bits per heavy atom. The Morgan fingerprint density at radius 1 is 0.253 bits per heavy atom. The summed E-state index contributed by atoms with van der Waals surface area (Å²) in [6.45, 7) is 6.26. The highest BCUT2D eigenvalue weighted by Gasteiger charge is 2.19. The SMILES string of the molecule is CC/C=C\C/C=C\C/C=C\C/C=C\C/C=C\C/C=C\C/C=C\C/C=C\C/C=C\CCCCCCCCCC(=O)OCC(COC(=O)CCCCCCC/C=C\C/C=C\CCC)OC(=O)CCC/C=C\C/C=C\C/C=C\C/C=C\C/C=C\CC. The van der Waals surface area contributed by atoms with Crippen LogP contribution in [-0.4, -0.2) is 37.2 Å². The molecule has 0 spiro atoms. The maximum absolute atomic E-state index is 12.9. The van der Waals surface area contributed by atoms with Gasteiger partial charge in [0.1, 0.15) is 13.2 Å². The van der Waals surface area contributed by atoms with E-state index in [1.807, 2.05) is 0 Å². The summed E-state index contributed by atoms with van der Waals surface area (Å²) in [5, 5.41) is 0. The molecule has 0 N–H and O–H groups in total. The van der Waals surface area contributed by atoms with Crippen molar-refractivity contribution in [2.24, 2.45) is 0 Å². The zero-order chi connectivity index (χ0) is 59.9. The zero-order valence-corrected chi connectivity index (χ0v) is 52.9. The van der Waals surface area contributed by atoms with E-state index in [4.69, 9.17) is 14.2 Å². The van der Waals surface area contributed by atoms with Gasteiger partial charge in [-0.15, -0.1) is 0 Å². The summed E-state index contributed by atoms with van der Waals surface area (Å²) in [6, 6.07) is 0. The van der Waals surface area contributed by atoms with E-state index in [9.17, 15) is 14.4 Å². The molecule has 0 saturated carbocycles. The van der Waals surface area contributed by atoms with E-state index in [0.29, 0.717) is 19.3 Å². The Labute approximate surface area is 509 Å². The maximum atomic E-state index is 12.9. The van der Waals surface area contributed by atoms with E-state index in [1.165, 1.54) is 25.7 Å². The molecular weight excluding hydrogens is 1020 g/mol. The van der Waals surface area contributed by atoms with Gasteiger partial charge in [0.2, 0.25) is 0 Å². The molecule has 0 aliphatic heterocycles. The molecule has 0 saturated heterocycles. The van der Waals surface area contributed by atoms with Gasteiger partial charge in [-0.25, -0.2) is 0 Å². The highest BCUT2D eigenvalue weighted by Crippen LogP contribution is 2.13. The van der Waals surface area contributed by atoms with Crippen molar-refractivity contribution < 1.29 is 28.6 Å². The predicted octanol–water partition coefficient (Wildman–Crippen LogP) is 23.0. The number of ether oxygens (including phenoxy) is 3. The summed E-state index contributed by atoms with van der Waals surface area (Å²) in [6.07, 6.45) is 104. The van der Waals surface area contributed by atoms with Gasteiger partial charge in [0.25, 0.3) is 0 Å². The van der Waals surface area contributed by atoms with Gasteiger partial charge in [-0.1, -0.05) is 273 Å². The lowest BCUT2D eigenvalue weighted by molar-refractivity contribution is -0.167. The third-order valence-electron chi connectivity index (χ3n) is 13.0. The van der Waals surface area contributed by atoms with Crippen LogP contribution in [0.4, 0.5) is 0 Å². The summed E-state index contributed by atoms with van der Waals surface area (Å²) in [4.78, 5) is 38.3. The number of hydrogen-bond acceptors (Lipinski definition) is 6. The minimum absolute atomic E-state index is 0.120. The number of esters is 3. The topological polar surface area (TPSA) is 78.9 Å². The fourth-order valence-corrected chi connectivity index (χ4v) is 8.21. The van der Waals surface area contributed by atoms with Gasteiger partial charge >= 0.3 is 17.9 Å². The van der Waals surface area contributed by atoms with Crippen LogP contribution in [0.5, 0.6) is 0 Å². The van der Waals surface area contributed by atoms with Crippen molar-refractivity contribution in [2.75, 3.05) is 13.2 Å². The molecule has 0 rings (SSSR count). The Bertz CT molecular complexity index is 1990. The van der Waals surface area contributed by atoms with Crippen LogP contribution in [0.15, 0.2) is 194 Å². The molecule has 1 atom stereocenters. The first-order chi connectivity index (χ1) is 41.0. The molecule has 0 amide bonds. The fraction of sp³-hybridized carbons (Fsp3) is 0.545. The monoisotopic (exact) mass is 1140 g/mol. The Balaban J connectivity index is 4.37. The van der Waals surface area contributed by atoms with Crippen LogP contribution in [0.25, 0.3) is 0 Å². The maximum Gasteiger partial charge on any atom is 0.306 e. The Morgan fingerprint density at radius 3 is 0.771 bits per heavy atom. The summed E-state index contributed by atoms with van der Waals surface area (Å²) in [7, 11) is 0. The molecule has 0 aliphatic carbocycles. The largest absolute Gasteiger partial charge is 0.462 e. The van der Waals surface area contributed by atoms with Crippen LogP contribution in [0, 0.1) is 0 Å². The smallest absolute Gasteiger partial charge is 0.306 e. The van der Waals surface area contributed by atoms with E-state index >= 15 is 0 Å². The normalized spacial score (nSPS) is 13.4. The first-order valence-electron chi connectivity index (χ1n) is 32.9. The van der Waals surface area contributed by atoms with Crippen molar-refractivity contribution in [3.05, 3.63) is 194 Å². The number of carbonyl (C=O) groups is 3. The minimum atomic E-state index is -0.830. The van der Waals surface area contributed by atoms with Crippen LogP contribution in [-0.2, 0) is 28.6 Å². The number of allylic oxidation sites excluding steroid dienone is 32. The number of unbranched alkanes of at least 4 members (excludes halogenated alkanes) is 14. The Kier molecular flexibility index (Phi) is 64.0. The van der Waals surface area contributed by atoms with Crippen LogP contribution in [0.2, 0.25) is 0 Å². The van der Waals surface area contributed by atoms with Gasteiger partial charge in [0.15, 0.2) is 6.10 Å². The third-order valence-corrected chi connectivity index (χ3v) is 13.0. The Hall–Kier alpha value is -5.75. The highest BCUT2D eigenvalue weighted by molar-refractivity contribution is 5.71. The molecule has 0 aromatic carbocycles. The molecule has 6 nitrogen and oxygen atoms in total. The van der Waals surface area contributed by atoms with Gasteiger partial charge in [-0.3, -0.25) is 14.4 Å². The van der Waals surface area contributed by atoms with E-state index in [1.54, 1.807) is 0 Å². The second kappa shape index (κ2) is 68.7. The lowest BCUT2D eigenvalue weighted by atomic mass is 10.1. The zero-order valence-electron chi connectivity index (χ0n) is 52.9. The second-order valence-corrected chi connectivity index (χ2v) is 20.9. The average molecular weight is 1140 g/mol. The van der Waals surface area contributed by atoms with Gasteiger partial charge in [-0.2, -0.15) is 0 Å². The van der Waals surface area contributed by atoms with Gasteiger partial charge < -0.3 is 14.2 Å². The van der Waals surface area contributed by atoms with Gasteiger partial charge in [0.05, 0.1) is 0 Å². The molecule has 0 aliphatic rings. The van der Waals surface area contributed by atoms with Gasteiger partial charge in [-0.05, 0) is 154 Å². The van der Waals surface area contributed by atoms with E-state index < -0.39 is 6.10 Å². The predicted molar refractivity (Wildman–Crippen MR) is 361 cm³/mol. The molecule has 0 fully saturated rings. The van der Waals surface area contributed by atoms with E-state index in [-0.39, 0.29) is 37.5 Å². The molecule has 0 radical (unpaired) electrons. The standard InChI is InChI=1S/C77H118O6/c1-4-7-10-13-16-19-22-25-27-29-30-31-32-33-34-35-36-37-38-39-40-41-42-43-44-45-46-48-49-52-55-58-61-64-67-70-76(79)82-73-74(72-81-75(78)69-66-63-60-57-54-51-24-21-18-15-12-9-6-3)83-77(80)71-68-65-62-59-56-53-50-47-28-26-23-20-17-14-11-8-5-2/h7-8,10-12,15-17,19-21,24-28,30-31,33-34,36-37,39-40,42-43,45-46,50,53,59,62,74H,4-6,9,13-14,18,22-23,29,32,35,38,41,44,47-49,51-52,54-58,60-61,63-73H2,1-3H3/b10-7-,11-8-,15-12-,19-16-,20-17-,24-21-,27-25-,28-26-,31-30-,34-33-,37-36-,40-39-,43-42-,46-45-,53-50-,62-59-. The number of rotatable bonds is 57. The lowest BCUT2D eigenvalue weighted by Gasteiger charge is -2.18. The van der Waals surface area contributed by atoms with E-state index in [2.05, 4.69) is 215 Å². The van der Waals surface area contributed by atoms with Crippen molar-refractivity contribution in [2.45, 2.75) is 258 Å². The van der Waals surface area contributed by atoms with Crippen molar-refractivity contribution in [3.63, 3.8) is 0 Å². The molecule has 1 unspecified atom stereocenters. The van der Waals surface area contributed by atoms with Crippen molar-refractivity contribution in [1.82, 2.24) is 0 Å². The quantitative estimate of drug-likeness (QED) is 0.0261. The van der Waals surface area contributed by atoms with Gasteiger partial charge in [0, 0.05) is 19.3 Å². The second-order valence-electron chi connectivity index (χ2n) is 20.9. The summed E-state index contributed by atoms with van der Waals surface area (Å²) >= 11 is 0. The average Bonchev–Trinajstić information content (AvgIpc) is 3.49. The summed E-state index contributed by atoms with van der Waals surface area (Å²) < 4.78 is 16.8. The van der Waals surface area contributed by atoms with Crippen LogP contribution >= 0.6 is 0 Å². The van der Waals surface area contributed by atoms with Crippen molar-refractivity contribution >= 4 is 17.9 Å². The van der Waals surface area contributed by atoms with Crippen LogP contribution in [0.3, 0.4) is 0 Å². The number of carbonyl (C=O) groups excluding carboxylic acids is 3. The summed E-state index contributed by atoms with van der Waals surface area (Å²) in [5.74, 6) is -1.01. The number of hydrogen-bond donors (Lipinski definition) is 0. The van der Waals surface area contributed by atoms with Crippen LogP contribution < -0.4 is 0 Å². The molecule has 0 aromatic heterocycles. The van der Waals surface area contributed by atoms with E-state index in [0.717, 1.165) is 180 Å². The first kappa shape index (κ1) is 77.2. The summed E-state index contributed by atoms with van der Waals surface area (Å²) in [5.41, 5.74) is 0. The molecule has 83 heavy (non-hydrogen) atoms.